The summed E-state index contributed by atoms with van der Waals surface area (Å²) in [6.45, 7) is 2.22. The summed E-state index contributed by atoms with van der Waals surface area (Å²) >= 11 is 12.1. The van der Waals surface area contributed by atoms with E-state index in [2.05, 4.69) is 17.5 Å². The summed E-state index contributed by atoms with van der Waals surface area (Å²) in [4.78, 5) is 12.4. The van der Waals surface area contributed by atoms with Crippen LogP contribution in [-0.2, 0) is 4.79 Å². The molecule has 0 aliphatic heterocycles. The number of hydrogen-bond acceptors (Lipinski definition) is 3. The standard InChI is InChI=1S/C20H20Cl2N2O2/c1-20-9-3-2-4-15(20)18(20)19(25)24-23-11-13-6-8-17(26-13)14-7-5-12(21)10-16(14)22/h5-8,10-11,15,18H,2-4,9H2,1H3,(H,24,25)/b23-11-/t15-,18-,20+/m1/s1. The summed E-state index contributed by atoms with van der Waals surface area (Å²) in [7, 11) is 0. The van der Waals surface area contributed by atoms with Crippen LogP contribution in [0.5, 0.6) is 0 Å². The Kier molecular flexibility index (Phi) is 4.57. The molecule has 2 aliphatic carbocycles. The smallest absolute Gasteiger partial charge is 0.244 e. The van der Waals surface area contributed by atoms with Gasteiger partial charge in [-0.1, -0.05) is 43.0 Å². The lowest BCUT2D eigenvalue weighted by Crippen LogP contribution is -2.22. The summed E-state index contributed by atoms with van der Waals surface area (Å²) < 4.78 is 5.73. The molecule has 0 unspecified atom stereocenters. The van der Waals surface area contributed by atoms with E-state index in [1.54, 1.807) is 18.2 Å². The van der Waals surface area contributed by atoms with E-state index < -0.39 is 0 Å². The number of hydrazone groups is 1. The Bertz CT molecular complexity index is 876. The summed E-state index contributed by atoms with van der Waals surface area (Å²) in [5, 5.41) is 5.16. The molecule has 6 heteroatoms. The molecule has 1 aromatic carbocycles. The van der Waals surface area contributed by atoms with Crippen molar-refractivity contribution >= 4 is 35.3 Å². The molecule has 1 amide bonds. The van der Waals surface area contributed by atoms with E-state index in [0.717, 1.165) is 18.4 Å². The zero-order chi connectivity index (χ0) is 18.3. The zero-order valence-corrected chi connectivity index (χ0v) is 16.0. The van der Waals surface area contributed by atoms with E-state index >= 15 is 0 Å². The third-order valence-corrected chi connectivity index (χ3v) is 6.35. The van der Waals surface area contributed by atoms with Gasteiger partial charge in [-0.2, -0.15) is 5.10 Å². The number of hydrogen-bond donors (Lipinski definition) is 1. The number of rotatable bonds is 4. The highest BCUT2D eigenvalue weighted by atomic mass is 35.5. The minimum absolute atomic E-state index is 0.0168. The largest absolute Gasteiger partial charge is 0.455 e. The third-order valence-electron chi connectivity index (χ3n) is 5.80. The molecule has 0 radical (unpaired) electrons. The lowest BCUT2D eigenvalue weighted by atomic mass is 9.90. The molecule has 136 valence electrons. The predicted octanol–water partition coefficient (Wildman–Crippen LogP) is 5.53. The fourth-order valence-corrected chi connectivity index (χ4v) is 4.84. The Morgan fingerprint density at radius 2 is 2.15 bits per heavy atom. The van der Waals surface area contributed by atoms with E-state index in [4.69, 9.17) is 27.6 Å². The van der Waals surface area contributed by atoms with E-state index in [1.807, 2.05) is 12.1 Å². The first-order valence-corrected chi connectivity index (χ1v) is 9.63. The van der Waals surface area contributed by atoms with Gasteiger partial charge in [-0.05, 0) is 54.5 Å². The average molecular weight is 391 g/mol. The number of carbonyl (C=O) groups excluding carboxylic acids is 1. The van der Waals surface area contributed by atoms with Gasteiger partial charge in [-0.3, -0.25) is 4.79 Å². The number of fused-ring (bicyclic) bond motifs is 1. The number of carbonyl (C=O) groups is 1. The normalized spacial score (nSPS) is 27.3. The molecule has 4 rings (SSSR count). The van der Waals surface area contributed by atoms with Gasteiger partial charge < -0.3 is 4.42 Å². The zero-order valence-electron chi connectivity index (χ0n) is 14.5. The van der Waals surface area contributed by atoms with Crippen LogP contribution in [0, 0.1) is 17.3 Å². The molecular weight excluding hydrogens is 371 g/mol. The molecule has 0 spiro atoms. The van der Waals surface area contributed by atoms with Crippen LogP contribution in [0.15, 0.2) is 39.9 Å². The molecule has 2 aromatic rings. The lowest BCUT2D eigenvalue weighted by molar-refractivity contribution is -0.123. The molecule has 3 atom stereocenters. The molecule has 2 saturated carbocycles. The van der Waals surface area contributed by atoms with Crippen molar-refractivity contribution in [3.63, 3.8) is 0 Å². The summed E-state index contributed by atoms with van der Waals surface area (Å²) in [6.07, 6.45) is 6.27. The highest BCUT2D eigenvalue weighted by Gasteiger charge is 2.64. The highest BCUT2D eigenvalue weighted by Crippen LogP contribution is 2.66. The maximum absolute atomic E-state index is 12.4. The van der Waals surface area contributed by atoms with Crippen molar-refractivity contribution in [1.29, 1.82) is 0 Å². The molecule has 2 aliphatic rings. The van der Waals surface area contributed by atoms with Crippen molar-refractivity contribution in [2.45, 2.75) is 32.6 Å². The van der Waals surface area contributed by atoms with E-state index in [1.165, 1.54) is 19.1 Å². The molecule has 0 saturated heterocycles. The van der Waals surface area contributed by atoms with Gasteiger partial charge in [0, 0.05) is 16.5 Å². The minimum atomic E-state index is 0.0168. The van der Waals surface area contributed by atoms with Crippen LogP contribution in [0.4, 0.5) is 0 Å². The van der Waals surface area contributed by atoms with E-state index in [-0.39, 0.29) is 17.2 Å². The fraction of sp³-hybridized carbons (Fsp3) is 0.400. The van der Waals surface area contributed by atoms with E-state index in [0.29, 0.717) is 27.5 Å². The molecule has 4 nitrogen and oxygen atoms in total. The second-order valence-electron chi connectivity index (χ2n) is 7.40. The van der Waals surface area contributed by atoms with Gasteiger partial charge in [0.25, 0.3) is 0 Å². The maximum atomic E-state index is 12.4. The van der Waals surface area contributed by atoms with Gasteiger partial charge in [0.15, 0.2) is 0 Å². The van der Waals surface area contributed by atoms with Crippen molar-refractivity contribution in [3.8, 4) is 11.3 Å². The molecule has 1 aromatic heterocycles. The van der Waals surface area contributed by atoms with Crippen molar-refractivity contribution < 1.29 is 9.21 Å². The van der Waals surface area contributed by atoms with Gasteiger partial charge in [0.2, 0.25) is 5.91 Å². The molecule has 1 heterocycles. The topological polar surface area (TPSA) is 54.6 Å². The molecule has 1 N–H and O–H groups in total. The average Bonchev–Trinajstić information content (AvgIpc) is 2.97. The Balaban J connectivity index is 1.39. The summed E-state index contributed by atoms with van der Waals surface area (Å²) in [5.41, 5.74) is 3.61. The Morgan fingerprint density at radius 3 is 2.88 bits per heavy atom. The Hall–Kier alpha value is -1.78. The lowest BCUT2D eigenvalue weighted by Gasteiger charge is -2.15. The first-order valence-electron chi connectivity index (χ1n) is 8.87. The molecule has 2 fully saturated rings. The van der Waals surface area contributed by atoms with Gasteiger partial charge >= 0.3 is 0 Å². The molecular formula is C20H20Cl2N2O2. The number of amides is 1. The van der Waals surface area contributed by atoms with E-state index in [9.17, 15) is 4.79 Å². The fourth-order valence-electron chi connectivity index (χ4n) is 4.34. The monoisotopic (exact) mass is 390 g/mol. The van der Waals surface area contributed by atoms with Crippen LogP contribution in [-0.4, -0.2) is 12.1 Å². The van der Waals surface area contributed by atoms with Crippen LogP contribution in [0.25, 0.3) is 11.3 Å². The van der Waals surface area contributed by atoms with Gasteiger partial charge in [0.05, 0.1) is 11.2 Å². The van der Waals surface area contributed by atoms with Gasteiger partial charge in [0.1, 0.15) is 11.5 Å². The highest BCUT2D eigenvalue weighted by molar-refractivity contribution is 6.36. The van der Waals surface area contributed by atoms with Crippen LogP contribution < -0.4 is 5.43 Å². The van der Waals surface area contributed by atoms with Crippen molar-refractivity contribution in [1.82, 2.24) is 5.43 Å². The van der Waals surface area contributed by atoms with Crippen molar-refractivity contribution in [3.05, 3.63) is 46.1 Å². The number of nitrogens with zero attached hydrogens (tertiary/aromatic N) is 1. The Morgan fingerprint density at radius 1 is 1.31 bits per heavy atom. The number of halogens is 2. The van der Waals surface area contributed by atoms with Crippen LogP contribution in [0.2, 0.25) is 10.0 Å². The minimum Gasteiger partial charge on any atom is -0.455 e. The van der Waals surface area contributed by atoms with Crippen molar-refractivity contribution in [2.24, 2.45) is 22.4 Å². The third kappa shape index (κ3) is 3.17. The number of benzene rings is 1. The molecule has 0 bridgehead atoms. The van der Waals surface area contributed by atoms with Crippen LogP contribution >= 0.6 is 23.2 Å². The Labute approximate surface area is 162 Å². The summed E-state index contributed by atoms with van der Waals surface area (Å²) in [5.74, 6) is 1.81. The van der Waals surface area contributed by atoms with Gasteiger partial charge in [-0.25, -0.2) is 5.43 Å². The number of furan rings is 1. The quantitative estimate of drug-likeness (QED) is 0.550. The van der Waals surface area contributed by atoms with Crippen LogP contribution in [0.1, 0.15) is 38.4 Å². The second-order valence-corrected chi connectivity index (χ2v) is 8.24. The first kappa shape index (κ1) is 17.6. The summed E-state index contributed by atoms with van der Waals surface area (Å²) in [6, 6.07) is 8.84. The van der Waals surface area contributed by atoms with Crippen molar-refractivity contribution in [2.75, 3.05) is 0 Å². The van der Waals surface area contributed by atoms with Gasteiger partial charge in [-0.15, -0.1) is 0 Å². The molecule has 26 heavy (non-hydrogen) atoms. The first-order chi connectivity index (χ1) is 12.5. The second kappa shape index (κ2) is 6.75. The SMILES string of the molecule is C[C@]12CCCC[C@@H]1[C@@H]2C(=O)N/N=C\c1ccc(-c2ccc(Cl)cc2Cl)o1. The number of nitrogens with one attached hydrogen (secondary N) is 1. The predicted molar refractivity (Wildman–Crippen MR) is 103 cm³/mol. The van der Waals surface area contributed by atoms with Crippen LogP contribution in [0.3, 0.4) is 0 Å². The maximum Gasteiger partial charge on any atom is 0.244 e.